The van der Waals surface area contributed by atoms with Crippen molar-refractivity contribution in [3.63, 3.8) is 0 Å². The van der Waals surface area contributed by atoms with Crippen LogP contribution >= 0.6 is 0 Å². The van der Waals surface area contributed by atoms with E-state index in [0.29, 0.717) is 12.4 Å². The van der Waals surface area contributed by atoms with Gasteiger partial charge in [0.05, 0.1) is 12.2 Å². The molecule has 2 heterocycles. The zero-order valence-electron chi connectivity index (χ0n) is 13.9. The van der Waals surface area contributed by atoms with E-state index in [1.807, 2.05) is 49.4 Å². The Bertz CT molecular complexity index is 834. The molecular formula is C19H19N5O. The van der Waals surface area contributed by atoms with Crippen molar-refractivity contribution in [3.8, 4) is 0 Å². The lowest BCUT2D eigenvalue weighted by Crippen LogP contribution is -2.16. The van der Waals surface area contributed by atoms with Crippen LogP contribution in [0.2, 0.25) is 0 Å². The van der Waals surface area contributed by atoms with Crippen molar-refractivity contribution in [2.75, 3.05) is 10.6 Å². The molecule has 0 aliphatic heterocycles. The van der Waals surface area contributed by atoms with E-state index >= 15 is 0 Å². The smallest absolute Gasteiger partial charge is 0.276 e. The minimum Gasteiger partial charge on any atom is -0.363 e. The third-order valence-corrected chi connectivity index (χ3v) is 3.72. The van der Waals surface area contributed by atoms with Crippen LogP contribution in [0.1, 0.15) is 28.7 Å². The lowest BCUT2D eigenvalue weighted by molar-refractivity contribution is 0.102. The minimum absolute atomic E-state index is 0.272. The summed E-state index contributed by atoms with van der Waals surface area (Å²) in [5.41, 5.74) is 3.06. The molecule has 1 aromatic carbocycles. The molecule has 0 bridgehead atoms. The Labute approximate surface area is 146 Å². The third-order valence-electron chi connectivity index (χ3n) is 3.72. The molecule has 6 heteroatoms. The summed E-state index contributed by atoms with van der Waals surface area (Å²) in [4.78, 5) is 16.6. The van der Waals surface area contributed by atoms with Crippen molar-refractivity contribution in [2.45, 2.75) is 19.9 Å². The van der Waals surface area contributed by atoms with Crippen molar-refractivity contribution in [3.05, 3.63) is 77.7 Å². The first-order valence-corrected chi connectivity index (χ1v) is 8.13. The molecule has 0 atom stereocenters. The van der Waals surface area contributed by atoms with Gasteiger partial charge in [-0.3, -0.25) is 9.78 Å². The van der Waals surface area contributed by atoms with E-state index in [-0.39, 0.29) is 11.6 Å². The Kier molecular flexibility index (Phi) is 5.31. The fourth-order valence-corrected chi connectivity index (χ4v) is 2.37. The van der Waals surface area contributed by atoms with Gasteiger partial charge in [0.15, 0.2) is 5.69 Å². The standard InChI is InChI=1S/C19H19N5O/c1-2-14-7-3-4-9-16(14)22-19(25)17-10-11-18(24-23-17)21-13-15-8-5-6-12-20-15/h3-12H,2,13H2,1H3,(H,21,24)(H,22,25). The van der Waals surface area contributed by atoms with Crippen LogP contribution < -0.4 is 10.6 Å². The first-order chi connectivity index (χ1) is 12.3. The van der Waals surface area contributed by atoms with Crippen molar-refractivity contribution in [1.29, 1.82) is 0 Å². The van der Waals surface area contributed by atoms with Crippen LogP contribution in [0, 0.1) is 0 Å². The SMILES string of the molecule is CCc1ccccc1NC(=O)c1ccc(NCc2ccccn2)nn1. The van der Waals surface area contributed by atoms with Crippen LogP contribution in [0.15, 0.2) is 60.8 Å². The largest absolute Gasteiger partial charge is 0.363 e. The summed E-state index contributed by atoms with van der Waals surface area (Å²) in [5.74, 6) is 0.320. The number of nitrogens with one attached hydrogen (secondary N) is 2. The summed E-state index contributed by atoms with van der Waals surface area (Å²) in [7, 11) is 0. The summed E-state index contributed by atoms with van der Waals surface area (Å²) in [6.45, 7) is 2.60. The molecule has 0 saturated heterocycles. The lowest BCUT2D eigenvalue weighted by atomic mass is 10.1. The number of aromatic nitrogens is 3. The highest BCUT2D eigenvalue weighted by molar-refractivity contribution is 6.03. The van der Waals surface area contributed by atoms with Crippen molar-refractivity contribution in [2.24, 2.45) is 0 Å². The summed E-state index contributed by atoms with van der Waals surface area (Å²) >= 11 is 0. The summed E-state index contributed by atoms with van der Waals surface area (Å²) in [6, 6.07) is 16.8. The summed E-state index contributed by atoms with van der Waals surface area (Å²) in [6.07, 6.45) is 2.59. The molecule has 6 nitrogen and oxygen atoms in total. The van der Waals surface area contributed by atoms with Gasteiger partial charge in [0.2, 0.25) is 0 Å². The van der Waals surface area contributed by atoms with E-state index in [1.165, 1.54) is 0 Å². The number of pyridine rings is 1. The number of anilines is 2. The molecule has 0 fully saturated rings. The Morgan fingerprint density at radius 3 is 2.56 bits per heavy atom. The number of hydrogen-bond acceptors (Lipinski definition) is 5. The average Bonchev–Trinajstić information content (AvgIpc) is 2.68. The van der Waals surface area contributed by atoms with E-state index in [9.17, 15) is 4.79 Å². The van der Waals surface area contributed by atoms with Crippen LogP contribution in [-0.2, 0) is 13.0 Å². The number of hydrogen-bond donors (Lipinski definition) is 2. The zero-order chi connectivity index (χ0) is 17.5. The number of amides is 1. The summed E-state index contributed by atoms with van der Waals surface area (Å²) in [5, 5.41) is 14.1. The van der Waals surface area contributed by atoms with E-state index in [2.05, 4.69) is 25.8 Å². The quantitative estimate of drug-likeness (QED) is 0.723. The Hall–Kier alpha value is -3.28. The third kappa shape index (κ3) is 4.38. The number of rotatable bonds is 6. The number of benzene rings is 1. The maximum Gasteiger partial charge on any atom is 0.276 e. The van der Waals surface area contributed by atoms with Crippen molar-refractivity contribution in [1.82, 2.24) is 15.2 Å². The Morgan fingerprint density at radius 1 is 1.00 bits per heavy atom. The Balaban J connectivity index is 1.62. The lowest BCUT2D eigenvalue weighted by Gasteiger charge is -2.09. The van der Waals surface area contributed by atoms with Crippen LogP contribution in [0.25, 0.3) is 0 Å². The molecule has 0 aliphatic rings. The highest BCUT2D eigenvalue weighted by Crippen LogP contribution is 2.16. The zero-order valence-corrected chi connectivity index (χ0v) is 13.9. The fraction of sp³-hybridized carbons (Fsp3) is 0.158. The predicted octanol–water partition coefficient (Wildman–Crippen LogP) is 3.30. The first-order valence-electron chi connectivity index (χ1n) is 8.13. The monoisotopic (exact) mass is 333 g/mol. The highest BCUT2D eigenvalue weighted by Gasteiger charge is 2.10. The fourth-order valence-electron chi connectivity index (χ4n) is 2.37. The molecule has 0 spiro atoms. The van der Waals surface area contributed by atoms with Crippen LogP contribution in [0.5, 0.6) is 0 Å². The molecule has 0 aliphatic carbocycles. The van der Waals surface area contributed by atoms with E-state index in [0.717, 1.165) is 23.4 Å². The number of carbonyl (C=O) groups excluding carboxylic acids is 1. The molecule has 0 unspecified atom stereocenters. The van der Waals surface area contributed by atoms with Crippen LogP contribution in [-0.4, -0.2) is 21.1 Å². The second kappa shape index (κ2) is 8.01. The maximum atomic E-state index is 12.3. The van der Waals surface area contributed by atoms with Gasteiger partial charge in [-0.05, 0) is 42.3 Å². The van der Waals surface area contributed by atoms with Crippen molar-refractivity contribution < 1.29 is 4.79 Å². The van der Waals surface area contributed by atoms with Gasteiger partial charge in [0, 0.05) is 11.9 Å². The second-order valence-corrected chi connectivity index (χ2v) is 5.44. The first kappa shape index (κ1) is 16.6. The van der Waals surface area contributed by atoms with Gasteiger partial charge in [-0.25, -0.2) is 0 Å². The predicted molar refractivity (Wildman–Crippen MR) is 97.4 cm³/mol. The highest BCUT2D eigenvalue weighted by atomic mass is 16.1. The topological polar surface area (TPSA) is 79.8 Å². The molecule has 25 heavy (non-hydrogen) atoms. The molecule has 126 valence electrons. The van der Waals surface area contributed by atoms with Crippen LogP contribution in [0.3, 0.4) is 0 Å². The molecule has 0 radical (unpaired) electrons. The summed E-state index contributed by atoms with van der Waals surface area (Å²) < 4.78 is 0. The van der Waals surface area contributed by atoms with Gasteiger partial charge in [0.25, 0.3) is 5.91 Å². The number of nitrogens with zero attached hydrogens (tertiary/aromatic N) is 3. The van der Waals surface area contributed by atoms with E-state index in [4.69, 9.17) is 0 Å². The molecule has 2 aromatic heterocycles. The van der Waals surface area contributed by atoms with Gasteiger partial charge in [-0.15, -0.1) is 10.2 Å². The average molecular weight is 333 g/mol. The molecule has 3 rings (SSSR count). The second-order valence-electron chi connectivity index (χ2n) is 5.44. The normalized spacial score (nSPS) is 10.3. The van der Waals surface area contributed by atoms with E-state index < -0.39 is 0 Å². The van der Waals surface area contributed by atoms with Gasteiger partial charge >= 0.3 is 0 Å². The van der Waals surface area contributed by atoms with Gasteiger partial charge in [-0.1, -0.05) is 31.2 Å². The number of carbonyl (C=O) groups is 1. The van der Waals surface area contributed by atoms with E-state index in [1.54, 1.807) is 18.3 Å². The maximum absolute atomic E-state index is 12.3. The number of para-hydroxylation sites is 1. The minimum atomic E-state index is -0.273. The number of aryl methyl sites for hydroxylation is 1. The molecule has 0 saturated carbocycles. The van der Waals surface area contributed by atoms with Crippen LogP contribution in [0.4, 0.5) is 11.5 Å². The van der Waals surface area contributed by atoms with Gasteiger partial charge < -0.3 is 10.6 Å². The van der Waals surface area contributed by atoms with Gasteiger partial charge in [0.1, 0.15) is 5.82 Å². The van der Waals surface area contributed by atoms with Gasteiger partial charge in [-0.2, -0.15) is 0 Å². The molecule has 2 N–H and O–H groups in total. The molecule has 3 aromatic rings. The molecule has 1 amide bonds. The van der Waals surface area contributed by atoms with Crippen molar-refractivity contribution >= 4 is 17.4 Å². The Morgan fingerprint density at radius 2 is 1.84 bits per heavy atom. The molecular weight excluding hydrogens is 314 g/mol.